The molecule has 0 saturated heterocycles. The lowest BCUT2D eigenvalue weighted by Gasteiger charge is -2.13. The van der Waals surface area contributed by atoms with Gasteiger partial charge in [-0.25, -0.2) is 4.98 Å². The lowest BCUT2D eigenvalue weighted by molar-refractivity contribution is 0.667. The molecule has 0 aliphatic carbocycles. The maximum Gasteiger partial charge on any atom is 0.153 e. The Morgan fingerprint density at radius 2 is 1.62 bits per heavy atom. The van der Waals surface area contributed by atoms with Crippen molar-refractivity contribution in [1.29, 1.82) is 0 Å². The second-order valence-corrected chi connectivity index (χ2v) is 9.28. The number of hydrogen-bond donors (Lipinski definition) is 0. The first kappa shape index (κ1) is 18.5. The zero-order valence-corrected chi connectivity index (χ0v) is 20.4. The predicted molar refractivity (Wildman–Crippen MR) is 149 cm³/mol. The van der Waals surface area contributed by atoms with Crippen LogP contribution in [0.15, 0.2) is 95.7 Å². The van der Waals surface area contributed by atoms with Crippen molar-refractivity contribution in [3.63, 3.8) is 0 Å². The first-order valence-corrected chi connectivity index (χ1v) is 12.1. The highest BCUT2D eigenvalue weighted by atomic mass is 16.3. The van der Waals surface area contributed by atoms with Gasteiger partial charge in [-0.2, -0.15) is 0 Å². The molecule has 5 nitrogen and oxygen atoms in total. The van der Waals surface area contributed by atoms with Gasteiger partial charge in [0.25, 0.3) is 0 Å². The van der Waals surface area contributed by atoms with Crippen molar-refractivity contribution >= 4 is 33.0 Å². The third kappa shape index (κ3) is 3.43. The molecular weight excluding hydrogens is 456 g/mol. The van der Waals surface area contributed by atoms with E-state index in [1.165, 1.54) is 0 Å². The van der Waals surface area contributed by atoms with Gasteiger partial charge in [-0.1, -0.05) is 48.0 Å². The van der Waals surface area contributed by atoms with E-state index in [1.54, 1.807) is 24.5 Å². The maximum absolute atomic E-state index is 7.75. The standard InChI is InChI=1S/C32H24N4O/c1-19-8-10-22(11-9-19)24-12-13-26(31-30(24)25-14-15-33-18-29(25)37-31)32-35-27-6-4-5-7-28(27)36(32)23-16-20(2)34-21(3)17-23/h4-18H,1-3H3/i1D3. The quantitative estimate of drug-likeness (QED) is 0.256. The van der Waals surface area contributed by atoms with Crippen LogP contribution in [0, 0.1) is 20.7 Å². The van der Waals surface area contributed by atoms with Crippen molar-refractivity contribution in [3.8, 4) is 28.2 Å². The summed E-state index contributed by atoms with van der Waals surface area (Å²) in [6.07, 6.45) is 3.47. The molecule has 7 aromatic rings. The first-order chi connectivity index (χ1) is 19.3. The van der Waals surface area contributed by atoms with Crippen LogP contribution in [0.2, 0.25) is 0 Å². The van der Waals surface area contributed by atoms with E-state index in [9.17, 15) is 0 Å². The highest BCUT2D eigenvalue weighted by molar-refractivity contribution is 6.16. The number of rotatable bonds is 3. The monoisotopic (exact) mass is 483 g/mol. The van der Waals surface area contributed by atoms with Crippen molar-refractivity contribution in [2.45, 2.75) is 20.7 Å². The molecule has 37 heavy (non-hydrogen) atoms. The summed E-state index contributed by atoms with van der Waals surface area (Å²) in [5.41, 5.74) is 9.05. The first-order valence-electron chi connectivity index (χ1n) is 13.6. The fourth-order valence-corrected chi connectivity index (χ4v) is 5.21. The molecule has 0 bridgehead atoms. The molecule has 0 spiro atoms. The van der Waals surface area contributed by atoms with Gasteiger partial charge < -0.3 is 4.42 Å². The summed E-state index contributed by atoms with van der Waals surface area (Å²) in [6, 6.07) is 25.3. The molecule has 0 atom stereocenters. The summed E-state index contributed by atoms with van der Waals surface area (Å²) in [6.45, 7) is 1.83. The molecule has 0 fully saturated rings. The predicted octanol–water partition coefficient (Wildman–Crippen LogP) is 7.97. The molecule has 3 aromatic carbocycles. The van der Waals surface area contributed by atoms with Gasteiger partial charge in [-0.15, -0.1) is 0 Å². The molecule has 0 saturated carbocycles. The summed E-state index contributed by atoms with van der Waals surface area (Å²) in [4.78, 5) is 13.9. The molecule has 0 aliphatic heterocycles. The van der Waals surface area contributed by atoms with Gasteiger partial charge in [0, 0.05) is 32.5 Å². The highest BCUT2D eigenvalue weighted by Crippen LogP contribution is 2.42. The fraction of sp³-hybridized carbons (Fsp3) is 0.0938. The largest absolute Gasteiger partial charge is 0.454 e. The Morgan fingerprint density at radius 3 is 2.43 bits per heavy atom. The lowest BCUT2D eigenvalue weighted by Crippen LogP contribution is -2.00. The van der Waals surface area contributed by atoms with E-state index in [-0.39, 0.29) is 0 Å². The minimum atomic E-state index is -2.16. The van der Waals surface area contributed by atoms with E-state index < -0.39 is 6.85 Å². The van der Waals surface area contributed by atoms with Gasteiger partial charge in [0.15, 0.2) is 5.58 Å². The number of pyridine rings is 2. The van der Waals surface area contributed by atoms with E-state index >= 15 is 0 Å². The lowest BCUT2D eigenvalue weighted by atomic mass is 9.96. The van der Waals surface area contributed by atoms with E-state index in [4.69, 9.17) is 13.5 Å². The number of aromatic nitrogens is 4. The summed E-state index contributed by atoms with van der Waals surface area (Å²) in [5.74, 6) is 0.757. The number of furan rings is 1. The second-order valence-electron chi connectivity index (χ2n) is 9.28. The molecule has 0 unspecified atom stereocenters. The molecule has 0 aliphatic rings. The summed E-state index contributed by atoms with van der Waals surface area (Å²) in [5, 5.41) is 1.86. The Morgan fingerprint density at radius 1 is 0.838 bits per heavy atom. The van der Waals surface area contributed by atoms with Crippen LogP contribution >= 0.6 is 0 Å². The van der Waals surface area contributed by atoms with Crippen LogP contribution in [0.4, 0.5) is 0 Å². The molecule has 0 N–H and O–H groups in total. The average molecular weight is 484 g/mol. The maximum atomic E-state index is 7.75. The topological polar surface area (TPSA) is 56.7 Å². The van der Waals surface area contributed by atoms with E-state index in [0.29, 0.717) is 16.7 Å². The zero-order valence-electron chi connectivity index (χ0n) is 23.4. The SMILES string of the molecule is [2H]C([2H])([2H])c1ccc(-c2ccc(-c3nc4ccccc4n3-c3cc(C)nc(C)c3)c3oc4cnccc4c23)cc1. The van der Waals surface area contributed by atoms with E-state index in [1.807, 2.05) is 56.3 Å². The molecule has 5 heteroatoms. The Balaban J connectivity index is 1.54. The molecule has 7 rings (SSSR count). The zero-order chi connectivity index (χ0) is 27.6. The van der Waals surface area contributed by atoms with Crippen LogP contribution in [0.1, 0.15) is 21.1 Å². The molecule has 4 aromatic heterocycles. The smallest absolute Gasteiger partial charge is 0.153 e. The number of aryl methyl sites for hydroxylation is 3. The van der Waals surface area contributed by atoms with E-state index in [0.717, 1.165) is 61.4 Å². The Kier molecular flexibility index (Phi) is 4.07. The van der Waals surface area contributed by atoms with Gasteiger partial charge in [0.05, 0.1) is 28.5 Å². The number of imidazole rings is 1. The highest BCUT2D eigenvalue weighted by Gasteiger charge is 2.22. The molecular formula is C32H24N4O. The number of hydrogen-bond acceptors (Lipinski definition) is 4. The second kappa shape index (κ2) is 8.14. The molecule has 0 radical (unpaired) electrons. The number of benzene rings is 3. The normalized spacial score (nSPS) is 13.2. The third-order valence-electron chi connectivity index (χ3n) is 6.75. The van der Waals surface area contributed by atoms with Crippen molar-refractivity contribution < 1.29 is 8.53 Å². The van der Waals surface area contributed by atoms with Crippen molar-refractivity contribution in [2.24, 2.45) is 0 Å². The van der Waals surface area contributed by atoms with Crippen LogP contribution in [-0.4, -0.2) is 19.5 Å². The number of nitrogens with zero attached hydrogens (tertiary/aromatic N) is 4. The van der Waals surface area contributed by atoms with Crippen molar-refractivity contribution in [2.75, 3.05) is 0 Å². The van der Waals surface area contributed by atoms with Crippen LogP contribution in [-0.2, 0) is 0 Å². The summed E-state index contributed by atoms with van der Waals surface area (Å²) < 4.78 is 31.9. The summed E-state index contributed by atoms with van der Waals surface area (Å²) in [7, 11) is 0. The van der Waals surface area contributed by atoms with Crippen LogP contribution in [0.3, 0.4) is 0 Å². The Hall–Kier alpha value is -4.77. The summed E-state index contributed by atoms with van der Waals surface area (Å²) >= 11 is 0. The Labute approximate surface area is 218 Å². The minimum Gasteiger partial charge on any atom is -0.454 e. The van der Waals surface area contributed by atoms with E-state index in [2.05, 4.69) is 38.8 Å². The van der Waals surface area contributed by atoms with Gasteiger partial charge in [-0.3, -0.25) is 14.5 Å². The molecule has 0 amide bonds. The van der Waals surface area contributed by atoms with Gasteiger partial charge in [0.2, 0.25) is 0 Å². The van der Waals surface area contributed by atoms with Crippen LogP contribution in [0.5, 0.6) is 0 Å². The molecule has 4 heterocycles. The van der Waals surface area contributed by atoms with Crippen LogP contribution in [0.25, 0.3) is 61.2 Å². The minimum absolute atomic E-state index is 0.307. The Bertz CT molecular complexity index is 2050. The van der Waals surface area contributed by atoms with Gasteiger partial charge >= 0.3 is 0 Å². The van der Waals surface area contributed by atoms with Gasteiger partial charge in [-0.05, 0) is 68.2 Å². The van der Waals surface area contributed by atoms with Crippen LogP contribution < -0.4 is 0 Å². The van der Waals surface area contributed by atoms with Gasteiger partial charge in [0.1, 0.15) is 11.4 Å². The number of para-hydroxylation sites is 2. The number of fused-ring (bicyclic) bond motifs is 4. The van der Waals surface area contributed by atoms with Crippen molar-refractivity contribution in [3.05, 3.63) is 108 Å². The fourth-order valence-electron chi connectivity index (χ4n) is 5.21. The third-order valence-corrected chi connectivity index (χ3v) is 6.75. The average Bonchev–Trinajstić information content (AvgIpc) is 3.51. The van der Waals surface area contributed by atoms with Crippen molar-refractivity contribution in [1.82, 2.24) is 19.5 Å². The molecule has 178 valence electrons.